The van der Waals surface area contributed by atoms with E-state index in [1.54, 1.807) is 18.2 Å². The minimum Gasteiger partial charge on any atom is -0.491 e. The molecule has 0 atom stereocenters. The number of allylic oxidation sites excluding steroid dienone is 1. The fourth-order valence-electron chi connectivity index (χ4n) is 2.70. The fourth-order valence-corrected chi connectivity index (χ4v) is 3.00. The highest BCUT2D eigenvalue weighted by Crippen LogP contribution is 2.37. The second-order valence-electron chi connectivity index (χ2n) is 5.74. The van der Waals surface area contributed by atoms with E-state index in [1.165, 1.54) is 7.11 Å². The number of ether oxygens (including phenoxy) is 2. The molecule has 6 heteroatoms. The van der Waals surface area contributed by atoms with Crippen molar-refractivity contribution in [3.63, 3.8) is 0 Å². The number of rotatable bonds is 5. The molecular formula is C20H18ClN3O2. The number of aromatic nitrogens is 2. The summed E-state index contributed by atoms with van der Waals surface area (Å²) >= 11 is 6.28. The number of aromatic amines is 1. The van der Waals surface area contributed by atoms with Crippen LogP contribution in [-0.4, -0.2) is 23.7 Å². The van der Waals surface area contributed by atoms with E-state index in [0.29, 0.717) is 34.5 Å². The zero-order chi connectivity index (χ0) is 18.7. The van der Waals surface area contributed by atoms with Crippen molar-refractivity contribution in [1.82, 2.24) is 9.97 Å². The Morgan fingerprint density at radius 2 is 2.15 bits per heavy atom. The summed E-state index contributed by atoms with van der Waals surface area (Å²) in [5, 5.41) is 10.0. The number of nitrogens with one attached hydrogen (secondary N) is 1. The van der Waals surface area contributed by atoms with Crippen LogP contribution < -0.4 is 9.47 Å². The van der Waals surface area contributed by atoms with Gasteiger partial charge in [0.1, 0.15) is 11.9 Å². The van der Waals surface area contributed by atoms with E-state index in [4.69, 9.17) is 21.1 Å². The van der Waals surface area contributed by atoms with E-state index in [9.17, 15) is 5.26 Å². The molecule has 0 saturated carbocycles. The summed E-state index contributed by atoms with van der Waals surface area (Å²) in [6.07, 6.45) is 1.72. The van der Waals surface area contributed by atoms with Crippen LogP contribution in [0.5, 0.6) is 11.5 Å². The van der Waals surface area contributed by atoms with Crippen LogP contribution >= 0.6 is 11.6 Å². The van der Waals surface area contributed by atoms with E-state index in [-0.39, 0.29) is 0 Å². The third-order valence-electron chi connectivity index (χ3n) is 3.86. The van der Waals surface area contributed by atoms with Crippen molar-refractivity contribution in [1.29, 1.82) is 5.26 Å². The first kappa shape index (κ1) is 17.8. The quantitative estimate of drug-likeness (QED) is 0.644. The highest BCUT2D eigenvalue weighted by Gasteiger charge is 2.13. The third kappa shape index (κ3) is 3.51. The molecule has 5 nitrogen and oxygen atoms in total. The molecule has 0 aliphatic rings. The van der Waals surface area contributed by atoms with Crippen molar-refractivity contribution >= 4 is 34.3 Å². The van der Waals surface area contributed by atoms with Gasteiger partial charge in [0, 0.05) is 0 Å². The number of H-pyrrole nitrogens is 1. The standard InChI is InChI=1S/C20H18ClN3O2/c1-4-26-18-10-13(9-15(21)19(18)25-3)8-14(11-22)20-23-16-6-5-12(2)7-17(16)24-20/h5-10H,4H2,1-3H3,(H,23,24)/b14-8-. The molecule has 3 rings (SSSR count). The highest BCUT2D eigenvalue weighted by molar-refractivity contribution is 6.32. The molecule has 0 saturated heterocycles. The zero-order valence-corrected chi connectivity index (χ0v) is 15.5. The van der Waals surface area contributed by atoms with Crippen LogP contribution in [0.2, 0.25) is 5.02 Å². The second-order valence-corrected chi connectivity index (χ2v) is 6.15. The average molecular weight is 368 g/mol. The first-order chi connectivity index (χ1) is 12.5. The predicted octanol–water partition coefficient (Wildman–Crippen LogP) is 5.00. The van der Waals surface area contributed by atoms with Crippen molar-refractivity contribution in [3.05, 3.63) is 52.3 Å². The Kier molecular flexibility index (Phi) is 5.15. The first-order valence-electron chi connectivity index (χ1n) is 8.14. The molecule has 3 aromatic rings. The second kappa shape index (κ2) is 7.51. The Labute approximate surface area is 156 Å². The molecule has 0 amide bonds. The smallest absolute Gasteiger partial charge is 0.179 e. The van der Waals surface area contributed by atoms with Crippen LogP contribution in [0.4, 0.5) is 0 Å². The van der Waals surface area contributed by atoms with Crippen LogP contribution in [0.25, 0.3) is 22.7 Å². The summed E-state index contributed by atoms with van der Waals surface area (Å²) in [7, 11) is 1.54. The van der Waals surface area contributed by atoms with Crippen LogP contribution in [0, 0.1) is 18.3 Å². The molecule has 1 N–H and O–H groups in total. The molecule has 0 aliphatic heterocycles. The summed E-state index contributed by atoms with van der Waals surface area (Å²) < 4.78 is 10.9. The van der Waals surface area contributed by atoms with Gasteiger partial charge in [-0.3, -0.25) is 0 Å². The van der Waals surface area contributed by atoms with Crippen molar-refractivity contribution in [2.45, 2.75) is 13.8 Å². The lowest BCUT2D eigenvalue weighted by Gasteiger charge is -2.11. The van der Waals surface area contributed by atoms with E-state index in [2.05, 4.69) is 16.0 Å². The number of hydrogen-bond donors (Lipinski definition) is 1. The number of hydrogen-bond acceptors (Lipinski definition) is 4. The zero-order valence-electron chi connectivity index (χ0n) is 14.8. The fraction of sp³-hybridized carbons (Fsp3) is 0.200. The lowest BCUT2D eigenvalue weighted by Crippen LogP contribution is -1.96. The van der Waals surface area contributed by atoms with Crippen LogP contribution in [0.1, 0.15) is 23.9 Å². The molecule has 2 aromatic carbocycles. The number of benzene rings is 2. The maximum absolute atomic E-state index is 9.60. The number of imidazole rings is 1. The molecule has 132 valence electrons. The van der Waals surface area contributed by atoms with E-state index in [1.807, 2.05) is 32.0 Å². The average Bonchev–Trinajstić information content (AvgIpc) is 3.02. The van der Waals surface area contributed by atoms with Gasteiger partial charge in [0.25, 0.3) is 0 Å². The Morgan fingerprint density at radius 3 is 2.85 bits per heavy atom. The monoisotopic (exact) mass is 367 g/mol. The molecule has 0 unspecified atom stereocenters. The van der Waals surface area contributed by atoms with Crippen molar-refractivity contribution in [2.24, 2.45) is 0 Å². The van der Waals surface area contributed by atoms with Gasteiger partial charge in [-0.1, -0.05) is 17.7 Å². The van der Waals surface area contributed by atoms with Gasteiger partial charge >= 0.3 is 0 Å². The number of nitriles is 1. The van der Waals surface area contributed by atoms with Gasteiger partial charge in [0.15, 0.2) is 11.5 Å². The third-order valence-corrected chi connectivity index (χ3v) is 4.14. The van der Waals surface area contributed by atoms with Crippen molar-refractivity contribution < 1.29 is 9.47 Å². The van der Waals surface area contributed by atoms with Crippen LogP contribution in [0.3, 0.4) is 0 Å². The molecule has 1 heterocycles. The molecule has 0 spiro atoms. The molecular weight excluding hydrogens is 350 g/mol. The SMILES string of the molecule is CCOc1cc(/C=C(/C#N)c2nc3ccc(C)cc3[nH]2)cc(Cl)c1OC. The Bertz CT molecular complexity index is 1030. The summed E-state index contributed by atoms with van der Waals surface area (Å²) in [6, 6.07) is 11.6. The minimum absolute atomic E-state index is 0.405. The van der Waals surface area contributed by atoms with Crippen LogP contribution in [-0.2, 0) is 0 Å². The van der Waals surface area contributed by atoms with Gasteiger partial charge in [-0.15, -0.1) is 0 Å². The number of halogens is 1. The molecule has 0 bridgehead atoms. The number of nitrogens with zero attached hydrogens (tertiary/aromatic N) is 2. The molecule has 1 aromatic heterocycles. The van der Waals surface area contributed by atoms with Gasteiger partial charge in [0.2, 0.25) is 0 Å². The molecule has 0 aliphatic carbocycles. The maximum Gasteiger partial charge on any atom is 0.179 e. The normalized spacial score (nSPS) is 11.4. The summed E-state index contributed by atoms with van der Waals surface area (Å²) in [5.41, 5.74) is 3.96. The summed E-state index contributed by atoms with van der Waals surface area (Å²) in [5.74, 6) is 1.52. The number of fused-ring (bicyclic) bond motifs is 1. The highest BCUT2D eigenvalue weighted by atomic mass is 35.5. The van der Waals surface area contributed by atoms with E-state index < -0.39 is 0 Å². The number of methoxy groups -OCH3 is 1. The van der Waals surface area contributed by atoms with Gasteiger partial charge in [-0.05, 0) is 55.3 Å². The summed E-state index contributed by atoms with van der Waals surface area (Å²) in [4.78, 5) is 7.69. The van der Waals surface area contributed by atoms with Gasteiger partial charge in [0.05, 0.1) is 35.3 Å². The maximum atomic E-state index is 9.60. The molecule has 0 fully saturated rings. The number of aryl methyl sites for hydroxylation is 1. The lowest BCUT2D eigenvalue weighted by molar-refractivity contribution is 0.311. The topological polar surface area (TPSA) is 70.9 Å². The molecule has 26 heavy (non-hydrogen) atoms. The van der Waals surface area contributed by atoms with Gasteiger partial charge in [-0.2, -0.15) is 5.26 Å². The van der Waals surface area contributed by atoms with Crippen LogP contribution in [0.15, 0.2) is 30.3 Å². The Balaban J connectivity index is 2.07. The summed E-state index contributed by atoms with van der Waals surface area (Å²) in [6.45, 7) is 4.37. The predicted molar refractivity (Wildman–Crippen MR) is 103 cm³/mol. The van der Waals surface area contributed by atoms with Gasteiger partial charge in [-0.25, -0.2) is 4.98 Å². The Hall–Kier alpha value is -2.97. The Morgan fingerprint density at radius 1 is 1.35 bits per heavy atom. The lowest BCUT2D eigenvalue weighted by atomic mass is 10.1. The minimum atomic E-state index is 0.405. The first-order valence-corrected chi connectivity index (χ1v) is 8.52. The van der Waals surface area contributed by atoms with E-state index >= 15 is 0 Å². The van der Waals surface area contributed by atoms with E-state index in [0.717, 1.165) is 22.2 Å². The molecule has 0 radical (unpaired) electrons. The largest absolute Gasteiger partial charge is 0.491 e. The van der Waals surface area contributed by atoms with Gasteiger partial charge < -0.3 is 14.5 Å². The van der Waals surface area contributed by atoms with Crippen molar-refractivity contribution in [3.8, 4) is 17.6 Å². The van der Waals surface area contributed by atoms with Crippen molar-refractivity contribution in [2.75, 3.05) is 13.7 Å².